The molecule has 3 heterocycles. The number of nitrogens with zero attached hydrogens (tertiary/aromatic N) is 4. The van der Waals surface area contributed by atoms with Crippen LogP contribution in [0.2, 0.25) is 5.02 Å². The van der Waals surface area contributed by atoms with Crippen LogP contribution in [0.15, 0.2) is 61.2 Å². The van der Waals surface area contributed by atoms with Crippen LogP contribution in [0.25, 0.3) is 22.3 Å². The van der Waals surface area contributed by atoms with E-state index in [4.69, 9.17) is 22.1 Å². The molecule has 1 atom stereocenters. The number of amides is 1. The number of alkyl halides is 3. The first kappa shape index (κ1) is 28.8. The molecule has 40 heavy (non-hydrogen) atoms. The maximum atomic E-state index is 14.7. The van der Waals surface area contributed by atoms with E-state index in [1.165, 1.54) is 41.5 Å². The van der Waals surface area contributed by atoms with Gasteiger partial charge >= 0.3 is 12.3 Å². The number of carbonyl (C=O) groups excluding carboxylic acids is 1. The summed E-state index contributed by atoms with van der Waals surface area (Å²) in [6.07, 6.45) is 0.109. The van der Waals surface area contributed by atoms with Crippen LogP contribution in [0.3, 0.4) is 0 Å². The molecule has 3 aromatic heterocycles. The number of nitrogens with one attached hydrogen (secondary N) is 1. The molecule has 0 bridgehead atoms. The van der Waals surface area contributed by atoms with Crippen molar-refractivity contribution in [3.05, 3.63) is 83.4 Å². The molecular weight excluding hydrogens is 552 g/mol. The number of nitrogens with two attached hydrogens (primary N) is 1. The molecule has 0 saturated carbocycles. The molecule has 1 unspecified atom stereocenters. The molecule has 0 spiro atoms. The van der Waals surface area contributed by atoms with Crippen molar-refractivity contribution in [2.24, 2.45) is 0 Å². The fraction of sp³-hybridized carbons (Fsp3) is 0.259. The lowest BCUT2D eigenvalue weighted by Crippen LogP contribution is -2.36. The largest absolute Gasteiger partial charge is 0.444 e. The van der Waals surface area contributed by atoms with Crippen molar-refractivity contribution in [1.29, 1.82) is 0 Å². The minimum absolute atomic E-state index is 0.0276. The first-order valence-electron chi connectivity index (χ1n) is 12.0. The molecule has 1 aromatic carbocycles. The smallest absolute Gasteiger partial charge is 0.433 e. The first-order chi connectivity index (χ1) is 18.7. The van der Waals surface area contributed by atoms with E-state index in [9.17, 15) is 22.4 Å². The number of halogens is 5. The molecule has 0 aliphatic rings. The number of hydrogen-bond donors (Lipinski definition) is 2. The number of aromatic nitrogens is 4. The predicted octanol–water partition coefficient (Wildman–Crippen LogP) is 6.51. The zero-order chi connectivity index (χ0) is 29.2. The lowest BCUT2D eigenvalue weighted by molar-refractivity contribution is -0.141. The third kappa shape index (κ3) is 6.68. The van der Waals surface area contributed by atoms with Gasteiger partial charge in [0.15, 0.2) is 5.82 Å². The van der Waals surface area contributed by atoms with E-state index in [-0.39, 0.29) is 28.4 Å². The standard InChI is InChI=1S/C27H25ClF4N6O2/c1-26(2,3)40-25(39)36-13-21(20-7-4-16(11-35-20)23-19(33)6-5-18(28)24(23)29)38-14-17(12-37-38)15-8-9-34-22(10-15)27(30,31)32/h4-12,14,21H,13,33H2,1-3H3,(H,36,39). The number of hydrogen-bond acceptors (Lipinski definition) is 6. The van der Waals surface area contributed by atoms with Crippen LogP contribution in [0.5, 0.6) is 0 Å². The number of alkyl carbamates (subject to hydrolysis) is 1. The maximum Gasteiger partial charge on any atom is 0.433 e. The molecule has 0 saturated heterocycles. The summed E-state index contributed by atoms with van der Waals surface area (Å²) in [4.78, 5) is 20.2. The second kappa shape index (κ2) is 11.1. The topological polar surface area (TPSA) is 108 Å². The van der Waals surface area contributed by atoms with E-state index < -0.39 is 35.4 Å². The Balaban J connectivity index is 1.68. The molecule has 0 aliphatic heterocycles. The van der Waals surface area contributed by atoms with Crippen molar-refractivity contribution in [2.75, 3.05) is 12.3 Å². The van der Waals surface area contributed by atoms with Gasteiger partial charge in [0.05, 0.1) is 16.9 Å². The summed E-state index contributed by atoms with van der Waals surface area (Å²) in [5.41, 5.74) is 5.88. The highest BCUT2D eigenvalue weighted by Gasteiger charge is 2.32. The summed E-state index contributed by atoms with van der Waals surface area (Å²) < 4.78 is 61.0. The molecule has 0 aliphatic carbocycles. The van der Waals surface area contributed by atoms with E-state index >= 15 is 0 Å². The highest BCUT2D eigenvalue weighted by molar-refractivity contribution is 6.31. The van der Waals surface area contributed by atoms with Gasteiger partial charge in [0.1, 0.15) is 17.3 Å². The number of pyridine rings is 2. The van der Waals surface area contributed by atoms with Crippen molar-refractivity contribution in [3.8, 4) is 22.3 Å². The number of benzene rings is 1. The van der Waals surface area contributed by atoms with Gasteiger partial charge in [-0.25, -0.2) is 9.18 Å². The monoisotopic (exact) mass is 576 g/mol. The third-order valence-corrected chi connectivity index (χ3v) is 5.98. The molecule has 8 nitrogen and oxygen atoms in total. The Hall–Kier alpha value is -4.19. The van der Waals surface area contributed by atoms with Gasteiger partial charge in [0.2, 0.25) is 0 Å². The van der Waals surface area contributed by atoms with Gasteiger partial charge in [-0.2, -0.15) is 18.3 Å². The van der Waals surface area contributed by atoms with Gasteiger partial charge in [-0.1, -0.05) is 17.7 Å². The summed E-state index contributed by atoms with van der Waals surface area (Å²) in [5.74, 6) is -0.688. The van der Waals surface area contributed by atoms with Gasteiger partial charge in [-0.05, 0) is 56.7 Å². The van der Waals surface area contributed by atoms with Crippen LogP contribution < -0.4 is 11.1 Å². The number of carbonyl (C=O) groups is 1. The molecule has 4 rings (SSSR count). The van der Waals surface area contributed by atoms with E-state index in [1.54, 1.807) is 32.9 Å². The van der Waals surface area contributed by atoms with Gasteiger partial charge in [0.25, 0.3) is 0 Å². The number of anilines is 1. The SMILES string of the molecule is CC(C)(C)OC(=O)NCC(c1ccc(-c2c(N)ccc(Cl)c2F)cn1)n1cc(-c2ccnc(C(F)(F)F)c2)cn1. The molecule has 1 amide bonds. The second-order valence-corrected chi connectivity index (χ2v) is 10.2. The Morgan fingerprint density at radius 3 is 2.48 bits per heavy atom. The number of nitrogen functional groups attached to an aromatic ring is 1. The van der Waals surface area contributed by atoms with E-state index in [0.29, 0.717) is 16.8 Å². The Labute approximate surface area is 232 Å². The molecule has 4 aromatic rings. The average Bonchev–Trinajstić information content (AvgIpc) is 3.36. The van der Waals surface area contributed by atoms with E-state index in [2.05, 4.69) is 20.4 Å². The molecule has 13 heteroatoms. The lowest BCUT2D eigenvalue weighted by Gasteiger charge is -2.22. The van der Waals surface area contributed by atoms with Crippen LogP contribution in [-0.4, -0.2) is 38.0 Å². The van der Waals surface area contributed by atoms with Crippen molar-refractivity contribution >= 4 is 23.4 Å². The highest BCUT2D eigenvalue weighted by Crippen LogP contribution is 2.34. The minimum Gasteiger partial charge on any atom is -0.444 e. The lowest BCUT2D eigenvalue weighted by atomic mass is 10.0. The zero-order valence-corrected chi connectivity index (χ0v) is 22.4. The summed E-state index contributed by atoms with van der Waals surface area (Å²) >= 11 is 5.92. The van der Waals surface area contributed by atoms with Crippen molar-refractivity contribution in [2.45, 2.75) is 38.6 Å². The van der Waals surface area contributed by atoms with Crippen LogP contribution in [0.1, 0.15) is 38.2 Å². The third-order valence-electron chi connectivity index (χ3n) is 5.69. The zero-order valence-electron chi connectivity index (χ0n) is 21.6. The van der Waals surface area contributed by atoms with Gasteiger partial charge in [-0.3, -0.25) is 14.6 Å². The summed E-state index contributed by atoms with van der Waals surface area (Å²) in [7, 11) is 0. The van der Waals surface area contributed by atoms with Gasteiger partial charge < -0.3 is 15.8 Å². The fourth-order valence-electron chi connectivity index (χ4n) is 3.86. The normalized spacial score (nSPS) is 12.7. The van der Waals surface area contributed by atoms with Crippen LogP contribution in [0.4, 0.5) is 28.0 Å². The fourth-order valence-corrected chi connectivity index (χ4v) is 4.02. The minimum atomic E-state index is -4.61. The molecule has 3 N–H and O–H groups in total. The summed E-state index contributed by atoms with van der Waals surface area (Å²) in [6, 6.07) is 7.68. The number of ether oxygens (including phenoxy) is 1. The Morgan fingerprint density at radius 1 is 1.07 bits per heavy atom. The Kier molecular flexibility index (Phi) is 8.01. The Bertz CT molecular complexity index is 1520. The van der Waals surface area contributed by atoms with Gasteiger partial charge in [-0.15, -0.1) is 0 Å². The highest BCUT2D eigenvalue weighted by atomic mass is 35.5. The first-order valence-corrected chi connectivity index (χ1v) is 12.3. The van der Waals surface area contributed by atoms with Crippen molar-refractivity contribution in [3.63, 3.8) is 0 Å². The van der Waals surface area contributed by atoms with E-state index in [0.717, 1.165) is 12.3 Å². The second-order valence-electron chi connectivity index (χ2n) is 9.83. The van der Waals surface area contributed by atoms with Crippen molar-refractivity contribution < 1.29 is 27.1 Å². The predicted molar refractivity (Wildman–Crippen MR) is 142 cm³/mol. The van der Waals surface area contributed by atoms with Crippen LogP contribution >= 0.6 is 11.6 Å². The molecule has 210 valence electrons. The quantitative estimate of drug-likeness (QED) is 0.200. The van der Waals surface area contributed by atoms with Gasteiger partial charge in [0, 0.05) is 47.5 Å². The summed E-state index contributed by atoms with van der Waals surface area (Å²) in [6.45, 7) is 5.12. The average molecular weight is 577 g/mol. The van der Waals surface area contributed by atoms with E-state index in [1.807, 2.05) is 0 Å². The number of rotatable bonds is 6. The molecule has 0 fully saturated rings. The molecular formula is C27H25ClF4N6O2. The Morgan fingerprint density at radius 2 is 1.82 bits per heavy atom. The van der Waals surface area contributed by atoms with Crippen LogP contribution in [0, 0.1) is 5.82 Å². The molecule has 0 radical (unpaired) electrons. The summed E-state index contributed by atoms with van der Waals surface area (Å²) in [5, 5.41) is 6.89. The van der Waals surface area contributed by atoms with Crippen molar-refractivity contribution in [1.82, 2.24) is 25.1 Å². The maximum absolute atomic E-state index is 14.7. The van der Waals surface area contributed by atoms with Crippen LogP contribution in [-0.2, 0) is 10.9 Å².